The van der Waals surface area contributed by atoms with Gasteiger partial charge in [0.25, 0.3) is 0 Å². The van der Waals surface area contributed by atoms with Gasteiger partial charge < -0.3 is 15.0 Å². The number of nitrogens with one attached hydrogen (secondary N) is 2. The van der Waals surface area contributed by atoms with Crippen LogP contribution in [0.4, 0.5) is 17.8 Å². The first-order valence-electron chi connectivity index (χ1n) is 7.64. The molecule has 0 spiro atoms. The van der Waals surface area contributed by atoms with Crippen molar-refractivity contribution in [2.75, 3.05) is 48.5 Å². The highest BCUT2D eigenvalue weighted by molar-refractivity contribution is 5.43. The number of anilines is 3. The van der Waals surface area contributed by atoms with E-state index in [0.29, 0.717) is 23.8 Å². The SMILES string of the molecule is NNc1nc(NCC2CCOC2)nc(N2CCCCC2)n1. The Labute approximate surface area is 124 Å². The van der Waals surface area contributed by atoms with Crippen molar-refractivity contribution in [2.45, 2.75) is 25.7 Å². The van der Waals surface area contributed by atoms with Gasteiger partial charge in [-0.25, -0.2) is 5.84 Å². The predicted octanol–water partition coefficient (Wildman–Crippen LogP) is 0.596. The second kappa shape index (κ2) is 6.86. The lowest BCUT2D eigenvalue weighted by Gasteiger charge is -2.27. The molecule has 21 heavy (non-hydrogen) atoms. The lowest BCUT2D eigenvalue weighted by atomic mass is 10.1. The average molecular weight is 293 g/mol. The zero-order valence-electron chi connectivity index (χ0n) is 12.2. The first-order chi connectivity index (χ1) is 10.3. The van der Waals surface area contributed by atoms with Crippen LogP contribution < -0.4 is 21.5 Å². The van der Waals surface area contributed by atoms with Crippen LogP contribution >= 0.6 is 0 Å². The van der Waals surface area contributed by atoms with E-state index >= 15 is 0 Å². The van der Waals surface area contributed by atoms with Gasteiger partial charge in [0.15, 0.2) is 0 Å². The summed E-state index contributed by atoms with van der Waals surface area (Å²) >= 11 is 0. The zero-order valence-corrected chi connectivity index (χ0v) is 12.2. The van der Waals surface area contributed by atoms with Crippen molar-refractivity contribution in [3.05, 3.63) is 0 Å². The van der Waals surface area contributed by atoms with Crippen LogP contribution in [0.25, 0.3) is 0 Å². The van der Waals surface area contributed by atoms with E-state index in [1.165, 1.54) is 19.3 Å². The number of hydrogen-bond donors (Lipinski definition) is 3. The lowest BCUT2D eigenvalue weighted by Crippen LogP contribution is -2.32. The molecule has 2 aliphatic rings. The van der Waals surface area contributed by atoms with Crippen LogP contribution in [0.15, 0.2) is 0 Å². The Morgan fingerprint density at radius 2 is 1.95 bits per heavy atom. The van der Waals surface area contributed by atoms with Crippen molar-refractivity contribution in [2.24, 2.45) is 11.8 Å². The van der Waals surface area contributed by atoms with Crippen molar-refractivity contribution in [3.63, 3.8) is 0 Å². The minimum atomic E-state index is 0.399. The van der Waals surface area contributed by atoms with Gasteiger partial charge in [0, 0.05) is 32.2 Å². The summed E-state index contributed by atoms with van der Waals surface area (Å²) in [4.78, 5) is 15.3. The van der Waals surface area contributed by atoms with E-state index < -0.39 is 0 Å². The number of hydrazine groups is 1. The molecule has 0 aromatic carbocycles. The van der Waals surface area contributed by atoms with Gasteiger partial charge >= 0.3 is 0 Å². The molecule has 2 aliphatic heterocycles. The van der Waals surface area contributed by atoms with Gasteiger partial charge in [-0.1, -0.05) is 0 Å². The molecule has 1 unspecified atom stereocenters. The van der Waals surface area contributed by atoms with Crippen molar-refractivity contribution in [1.82, 2.24) is 15.0 Å². The van der Waals surface area contributed by atoms with Crippen LogP contribution in [0.5, 0.6) is 0 Å². The van der Waals surface area contributed by atoms with E-state index in [-0.39, 0.29) is 0 Å². The fourth-order valence-electron chi connectivity index (χ4n) is 2.72. The quantitative estimate of drug-likeness (QED) is 0.536. The molecule has 4 N–H and O–H groups in total. The van der Waals surface area contributed by atoms with Crippen molar-refractivity contribution < 1.29 is 4.74 Å². The maximum Gasteiger partial charge on any atom is 0.243 e. The van der Waals surface area contributed by atoms with E-state index in [1.807, 2.05) is 0 Å². The van der Waals surface area contributed by atoms with Crippen molar-refractivity contribution >= 4 is 17.8 Å². The number of nitrogens with two attached hydrogens (primary N) is 1. The van der Waals surface area contributed by atoms with Crippen LogP contribution in [-0.2, 0) is 4.74 Å². The van der Waals surface area contributed by atoms with Crippen LogP contribution in [0, 0.1) is 5.92 Å². The van der Waals surface area contributed by atoms with Crippen LogP contribution in [0.2, 0.25) is 0 Å². The van der Waals surface area contributed by atoms with Crippen LogP contribution in [0.1, 0.15) is 25.7 Å². The molecular weight excluding hydrogens is 270 g/mol. The fraction of sp³-hybridized carbons (Fsp3) is 0.769. The standard InChI is InChI=1S/C13H23N7O/c14-19-12-16-11(15-8-10-4-7-21-9-10)17-13(18-12)20-5-2-1-3-6-20/h10H,1-9,14H2,(H2,15,16,17,18,19). The molecule has 8 nitrogen and oxygen atoms in total. The van der Waals surface area contributed by atoms with Gasteiger partial charge in [-0.3, -0.25) is 5.43 Å². The number of nitrogens with zero attached hydrogens (tertiary/aromatic N) is 4. The first kappa shape index (κ1) is 14.3. The van der Waals surface area contributed by atoms with Gasteiger partial charge in [0.05, 0.1) is 6.61 Å². The smallest absolute Gasteiger partial charge is 0.243 e. The number of rotatable bonds is 5. The normalized spacial score (nSPS) is 22.3. The second-order valence-corrected chi connectivity index (χ2v) is 5.59. The molecule has 1 atom stereocenters. The van der Waals surface area contributed by atoms with Crippen molar-refractivity contribution in [1.29, 1.82) is 0 Å². The van der Waals surface area contributed by atoms with Gasteiger partial charge in [0.2, 0.25) is 17.8 Å². The third-order valence-corrected chi connectivity index (χ3v) is 3.96. The number of nitrogen functional groups attached to an aromatic ring is 1. The second-order valence-electron chi connectivity index (χ2n) is 5.59. The summed E-state index contributed by atoms with van der Waals surface area (Å²) in [5.74, 6) is 7.66. The molecule has 1 aromatic rings. The largest absolute Gasteiger partial charge is 0.381 e. The first-order valence-corrected chi connectivity index (χ1v) is 7.64. The summed E-state index contributed by atoms with van der Waals surface area (Å²) in [6.45, 7) is 4.44. The molecule has 8 heteroatoms. The van der Waals surface area contributed by atoms with Gasteiger partial charge in [-0.2, -0.15) is 15.0 Å². The van der Waals surface area contributed by atoms with E-state index in [4.69, 9.17) is 10.6 Å². The number of ether oxygens (including phenoxy) is 1. The molecule has 3 rings (SSSR count). The summed E-state index contributed by atoms with van der Waals surface area (Å²) in [6.07, 6.45) is 4.72. The molecule has 0 saturated carbocycles. The highest BCUT2D eigenvalue weighted by atomic mass is 16.5. The summed E-state index contributed by atoms with van der Waals surface area (Å²) < 4.78 is 5.38. The molecule has 1 aromatic heterocycles. The Hall–Kier alpha value is -1.67. The summed E-state index contributed by atoms with van der Waals surface area (Å²) in [5.41, 5.74) is 2.52. The molecule has 2 saturated heterocycles. The molecule has 0 bridgehead atoms. The van der Waals surface area contributed by atoms with E-state index in [0.717, 1.165) is 39.3 Å². The molecule has 116 valence electrons. The zero-order chi connectivity index (χ0) is 14.5. The summed E-state index contributed by atoms with van der Waals surface area (Å²) in [5, 5.41) is 3.28. The number of hydrogen-bond acceptors (Lipinski definition) is 8. The lowest BCUT2D eigenvalue weighted by molar-refractivity contribution is 0.187. The minimum absolute atomic E-state index is 0.399. The maximum atomic E-state index is 5.47. The Balaban J connectivity index is 1.69. The van der Waals surface area contributed by atoms with Crippen LogP contribution in [-0.4, -0.2) is 47.8 Å². The Bertz CT molecular complexity index is 458. The maximum absolute atomic E-state index is 5.47. The van der Waals surface area contributed by atoms with Crippen molar-refractivity contribution in [3.8, 4) is 0 Å². The van der Waals surface area contributed by atoms with Gasteiger partial charge in [-0.05, 0) is 25.7 Å². The molecule has 2 fully saturated rings. The Kier molecular flexibility index (Phi) is 4.66. The third-order valence-electron chi connectivity index (χ3n) is 3.96. The predicted molar refractivity (Wildman–Crippen MR) is 81.1 cm³/mol. The van der Waals surface area contributed by atoms with Gasteiger partial charge in [-0.15, -0.1) is 0 Å². The van der Waals surface area contributed by atoms with Gasteiger partial charge in [0.1, 0.15) is 0 Å². The third kappa shape index (κ3) is 3.70. The number of piperidine rings is 1. The molecule has 0 aliphatic carbocycles. The van der Waals surface area contributed by atoms with E-state index in [2.05, 4.69) is 30.6 Å². The fourth-order valence-corrected chi connectivity index (χ4v) is 2.72. The average Bonchev–Trinajstić information content (AvgIpc) is 3.07. The van der Waals surface area contributed by atoms with E-state index in [9.17, 15) is 0 Å². The topological polar surface area (TPSA) is 101 Å². The van der Waals surface area contributed by atoms with Crippen LogP contribution in [0.3, 0.4) is 0 Å². The molecular formula is C13H23N7O. The highest BCUT2D eigenvalue weighted by Crippen LogP contribution is 2.19. The molecule has 0 amide bonds. The number of aromatic nitrogens is 3. The minimum Gasteiger partial charge on any atom is -0.381 e. The van der Waals surface area contributed by atoms with E-state index in [1.54, 1.807) is 0 Å². The summed E-state index contributed by atoms with van der Waals surface area (Å²) in [6, 6.07) is 0. The Morgan fingerprint density at radius 3 is 2.67 bits per heavy atom. The highest BCUT2D eigenvalue weighted by Gasteiger charge is 2.18. The molecule has 0 radical (unpaired) electrons. The monoisotopic (exact) mass is 293 g/mol. The Morgan fingerprint density at radius 1 is 1.14 bits per heavy atom. The molecule has 3 heterocycles. The summed E-state index contributed by atoms with van der Waals surface area (Å²) in [7, 11) is 0.